The summed E-state index contributed by atoms with van der Waals surface area (Å²) in [5.74, 6) is -0.512. The highest BCUT2D eigenvalue weighted by Gasteiger charge is 2.15. The van der Waals surface area contributed by atoms with Gasteiger partial charge in [0.25, 0.3) is 0 Å². The molecule has 33 heavy (non-hydrogen) atoms. The second-order valence-electron chi connectivity index (χ2n) is 7.58. The minimum atomic E-state index is -0.918. The Morgan fingerprint density at radius 1 is 1.12 bits per heavy atom. The lowest BCUT2D eigenvalue weighted by Gasteiger charge is -2.17. The van der Waals surface area contributed by atoms with E-state index in [9.17, 15) is 9.59 Å². The van der Waals surface area contributed by atoms with Crippen molar-refractivity contribution in [3.05, 3.63) is 83.6 Å². The molecule has 2 aromatic carbocycles. The lowest BCUT2D eigenvalue weighted by molar-refractivity contribution is -0.136. The molecule has 0 radical (unpaired) electrons. The van der Waals surface area contributed by atoms with Gasteiger partial charge in [-0.3, -0.25) is 9.59 Å². The van der Waals surface area contributed by atoms with Crippen molar-refractivity contribution >= 4 is 41.2 Å². The minimum Gasteiger partial charge on any atom is -0.481 e. The number of carboxylic acids is 1. The molecule has 0 saturated carbocycles. The molecule has 2 N–H and O–H groups in total. The van der Waals surface area contributed by atoms with E-state index in [-0.39, 0.29) is 17.6 Å². The number of thioether (sulfide) groups is 1. The van der Waals surface area contributed by atoms with Crippen LogP contribution in [0.4, 0.5) is 11.5 Å². The van der Waals surface area contributed by atoms with Crippen LogP contribution in [-0.2, 0) is 16.0 Å². The van der Waals surface area contributed by atoms with E-state index in [0.717, 1.165) is 11.1 Å². The molecule has 170 valence electrons. The van der Waals surface area contributed by atoms with Crippen LogP contribution in [0.2, 0.25) is 0 Å². The minimum absolute atomic E-state index is 0.0630. The summed E-state index contributed by atoms with van der Waals surface area (Å²) in [5, 5.41) is 12.6. The number of rotatable bonds is 9. The number of hydrogen-bond acceptors (Lipinski definition) is 6. The predicted molar refractivity (Wildman–Crippen MR) is 133 cm³/mol. The molecule has 1 heterocycles. The van der Waals surface area contributed by atoms with Crippen molar-refractivity contribution < 1.29 is 14.7 Å². The first kappa shape index (κ1) is 24.0. The van der Waals surface area contributed by atoms with Gasteiger partial charge < -0.3 is 15.3 Å². The maximum atomic E-state index is 12.2. The quantitative estimate of drug-likeness (QED) is 0.271. The highest BCUT2D eigenvalue weighted by Crippen LogP contribution is 2.34. The smallest absolute Gasteiger partial charge is 0.308 e. The van der Waals surface area contributed by atoms with Crippen molar-refractivity contribution in [2.75, 3.05) is 24.3 Å². The Hall–Kier alpha value is -3.65. The summed E-state index contributed by atoms with van der Waals surface area (Å²) in [6.07, 6.45) is 4.73. The molecule has 3 rings (SSSR count). The molecule has 1 aromatic heterocycles. The Balaban J connectivity index is 1.62. The van der Waals surface area contributed by atoms with Crippen LogP contribution in [0.15, 0.2) is 72.0 Å². The Bertz CT molecular complexity index is 1130. The van der Waals surface area contributed by atoms with Gasteiger partial charge in [0.2, 0.25) is 5.91 Å². The van der Waals surface area contributed by atoms with E-state index < -0.39 is 5.97 Å². The molecule has 0 saturated heterocycles. The van der Waals surface area contributed by atoms with Gasteiger partial charge in [0.05, 0.1) is 6.42 Å². The van der Waals surface area contributed by atoms with Crippen LogP contribution in [0.1, 0.15) is 28.9 Å². The number of aliphatic carboxylic acids is 1. The number of amides is 1. The standard InChI is InChI=1S/C25H26N4O3S/c1-17(33-25-26-16-20(15-23(31)32)24(28-25)29(2)3)19-10-12-21(13-11-19)27-22(30)14-9-18-7-5-4-6-8-18/h4-14,16-17H,15H2,1-3H3,(H,27,30)(H,31,32). The molecule has 0 bridgehead atoms. The number of carboxylic acid groups (broad SMARTS) is 1. The summed E-state index contributed by atoms with van der Waals surface area (Å²) in [4.78, 5) is 33.9. The molecular weight excluding hydrogens is 436 g/mol. The molecule has 0 fully saturated rings. The highest BCUT2D eigenvalue weighted by atomic mass is 32.2. The van der Waals surface area contributed by atoms with Gasteiger partial charge >= 0.3 is 5.97 Å². The average molecular weight is 463 g/mol. The van der Waals surface area contributed by atoms with Crippen molar-refractivity contribution in [2.24, 2.45) is 0 Å². The molecule has 3 aromatic rings. The number of nitrogens with zero attached hydrogens (tertiary/aromatic N) is 3. The van der Waals surface area contributed by atoms with Gasteiger partial charge in [0.15, 0.2) is 5.16 Å². The van der Waals surface area contributed by atoms with Crippen molar-refractivity contribution in [1.82, 2.24) is 9.97 Å². The number of nitrogens with one attached hydrogen (secondary N) is 1. The van der Waals surface area contributed by atoms with Crippen LogP contribution >= 0.6 is 11.8 Å². The van der Waals surface area contributed by atoms with Crippen molar-refractivity contribution in [1.29, 1.82) is 0 Å². The highest BCUT2D eigenvalue weighted by molar-refractivity contribution is 7.99. The van der Waals surface area contributed by atoms with Gasteiger partial charge in [-0.1, -0.05) is 54.2 Å². The molecule has 0 aliphatic carbocycles. The molecule has 8 heteroatoms. The number of hydrogen-bond donors (Lipinski definition) is 2. The van der Waals surface area contributed by atoms with E-state index in [1.807, 2.05) is 75.6 Å². The predicted octanol–water partition coefficient (Wildman–Crippen LogP) is 4.67. The Labute approximate surface area is 197 Å². The Morgan fingerprint density at radius 2 is 1.82 bits per heavy atom. The maximum Gasteiger partial charge on any atom is 0.308 e. The van der Waals surface area contributed by atoms with Gasteiger partial charge in [0, 0.05) is 42.9 Å². The monoisotopic (exact) mass is 462 g/mol. The van der Waals surface area contributed by atoms with Crippen LogP contribution in [-0.4, -0.2) is 41.0 Å². The van der Waals surface area contributed by atoms with Crippen molar-refractivity contribution in [2.45, 2.75) is 23.8 Å². The molecule has 7 nitrogen and oxygen atoms in total. The third-order valence-electron chi connectivity index (χ3n) is 4.74. The van der Waals surface area contributed by atoms with Crippen LogP contribution in [0, 0.1) is 0 Å². The Morgan fingerprint density at radius 3 is 2.45 bits per heavy atom. The third-order valence-corrected chi connectivity index (χ3v) is 5.77. The van der Waals surface area contributed by atoms with E-state index in [4.69, 9.17) is 5.11 Å². The lowest BCUT2D eigenvalue weighted by atomic mass is 10.1. The summed E-state index contributed by atoms with van der Waals surface area (Å²) in [5.41, 5.74) is 3.31. The largest absolute Gasteiger partial charge is 0.481 e. The first-order valence-corrected chi connectivity index (χ1v) is 11.3. The second kappa shape index (κ2) is 11.3. The number of anilines is 2. The van der Waals surface area contributed by atoms with Gasteiger partial charge in [-0.2, -0.15) is 0 Å². The first-order valence-electron chi connectivity index (χ1n) is 10.4. The van der Waals surface area contributed by atoms with Crippen LogP contribution in [0.25, 0.3) is 6.08 Å². The number of benzene rings is 2. The number of carbonyl (C=O) groups excluding carboxylic acids is 1. The van der Waals surface area contributed by atoms with E-state index in [2.05, 4.69) is 15.3 Å². The summed E-state index contributed by atoms with van der Waals surface area (Å²) in [6, 6.07) is 17.3. The zero-order chi connectivity index (χ0) is 23.8. The fraction of sp³-hybridized carbons (Fsp3) is 0.200. The normalized spacial score (nSPS) is 11.8. The number of aromatic nitrogens is 2. The molecule has 1 atom stereocenters. The maximum absolute atomic E-state index is 12.2. The topological polar surface area (TPSA) is 95.4 Å². The zero-order valence-corrected chi connectivity index (χ0v) is 19.5. The van der Waals surface area contributed by atoms with E-state index in [1.54, 1.807) is 17.2 Å². The Kier molecular flexibility index (Phi) is 8.21. The fourth-order valence-electron chi connectivity index (χ4n) is 3.10. The first-order chi connectivity index (χ1) is 15.8. The molecule has 0 aliphatic heterocycles. The molecular formula is C25H26N4O3S. The number of carbonyl (C=O) groups is 2. The molecule has 1 unspecified atom stereocenters. The summed E-state index contributed by atoms with van der Waals surface area (Å²) in [6.45, 7) is 2.05. The van der Waals surface area contributed by atoms with Gasteiger partial charge in [0.1, 0.15) is 5.82 Å². The second-order valence-corrected chi connectivity index (χ2v) is 8.89. The molecule has 0 aliphatic rings. The van der Waals surface area contributed by atoms with Crippen LogP contribution < -0.4 is 10.2 Å². The van der Waals surface area contributed by atoms with E-state index in [1.165, 1.54) is 17.8 Å². The fourth-order valence-corrected chi connectivity index (χ4v) is 3.96. The summed E-state index contributed by atoms with van der Waals surface area (Å²) >= 11 is 1.49. The zero-order valence-electron chi connectivity index (χ0n) is 18.7. The van der Waals surface area contributed by atoms with Gasteiger partial charge in [-0.15, -0.1) is 0 Å². The van der Waals surface area contributed by atoms with Crippen molar-refractivity contribution in [3.63, 3.8) is 0 Å². The SMILES string of the molecule is CC(Sc1ncc(CC(=O)O)c(N(C)C)n1)c1ccc(NC(=O)C=Cc2ccccc2)cc1. The molecule has 0 spiro atoms. The summed E-state index contributed by atoms with van der Waals surface area (Å²) < 4.78 is 0. The average Bonchev–Trinajstić information content (AvgIpc) is 2.79. The van der Waals surface area contributed by atoms with Gasteiger partial charge in [-0.05, 0) is 36.3 Å². The third kappa shape index (κ3) is 7.18. The van der Waals surface area contributed by atoms with Crippen molar-refractivity contribution in [3.8, 4) is 0 Å². The van der Waals surface area contributed by atoms with E-state index >= 15 is 0 Å². The lowest BCUT2D eigenvalue weighted by Crippen LogP contribution is -2.16. The van der Waals surface area contributed by atoms with Crippen LogP contribution in [0.3, 0.4) is 0 Å². The molecule has 1 amide bonds. The van der Waals surface area contributed by atoms with Gasteiger partial charge in [-0.25, -0.2) is 9.97 Å². The van der Waals surface area contributed by atoms with Crippen LogP contribution in [0.5, 0.6) is 0 Å². The van der Waals surface area contributed by atoms with E-state index in [0.29, 0.717) is 22.2 Å². The summed E-state index contributed by atoms with van der Waals surface area (Å²) in [7, 11) is 3.65.